The van der Waals surface area contributed by atoms with Crippen molar-refractivity contribution in [3.8, 4) is 0 Å². The maximum absolute atomic E-state index is 12.8. The number of amides is 2. The summed E-state index contributed by atoms with van der Waals surface area (Å²) in [7, 11) is 0. The Bertz CT molecular complexity index is 856. The summed E-state index contributed by atoms with van der Waals surface area (Å²) in [6.45, 7) is 0. The van der Waals surface area contributed by atoms with Crippen molar-refractivity contribution in [1.29, 1.82) is 0 Å². The molecule has 0 spiro atoms. The van der Waals surface area contributed by atoms with E-state index in [0.29, 0.717) is 24.9 Å². The van der Waals surface area contributed by atoms with E-state index < -0.39 is 23.7 Å². The molecule has 0 heterocycles. The SMILES string of the molecule is O=C(Nc1ccccc1)O[C@H]1CCC[C@H](NC(=O)c2cccc(C(F)(F)F)c2)C1. The molecule has 1 aliphatic rings. The molecule has 1 fully saturated rings. The number of hydrogen-bond acceptors (Lipinski definition) is 3. The van der Waals surface area contributed by atoms with Crippen molar-refractivity contribution in [2.45, 2.75) is 44.0 Å². The van der Waals surface area contributed by atoms with Gasteiger partial charge in [0.05, 0.1) is 5.56 Å². The minimum absolute atomic E-state index is 0.0512. The van der Waals surface area contributed by atoms with Crippen molar-refractivity contribution in [1.82, 2.24) is 5.32 Å². The first-order valence-electron chi connectivity index (χ1n) is 9.32. The summed E-state index contributed by atoms with van der Waals surface area (Å²) in [4.78, 5) is 24.4. The highest BCUT2D eigenvalue weighted by Gasteiger charge is 2.31. The Kier molecular flexibility index (Phi) is 6.41. The molecular formula is C21H21F3N2O3. The maximum Gasteiger partial charge on any atom is 0.416 e. The van der Waals surface area contributed by atoms with Crippen LogP contribution in [0.1, 0.15) is 41.6 Å². The summed E-state index contributed by atoms with van der Waals surface area (Å²) in [6, 6.07) is 12.9. The smallest absolute Gasteiger partial charge is 0.416 e. The fourth-order valence-electron chi connectivity index (χ4n) is 3.31. The third-order valence-electron chi connectivity index (χ3n) is 4.71. The molecule has 0 unspecified atom stereocenters. The molecule has 1 aliphatic carbocycles. The van der Waals surface area contributed by atoms with Crippen LogP contribution in [0.25, 0.3) is 0 Å². The van der Waals surface area contributed by atoms with E-state index in [0.717, 1.165) is 18.6 Å². The van der Waals surface area contributed by atoms with Crippen molar-refractivity contribution in [2.24, 2.45) is 0 Å². The van der Waals surface area contributed by atoms with E-state index in [1.807, 2.05) is 6.07 Å². The highest BCUT2D eigenvalue weighted by molar-refractivity contribution is 5.94. The van der Waals surface area contributed by atoms with E-state index in [1.165, 1.54) is 12.1 Å². The second kappa shape index (κ2) is 8.98. The molecule has 0 aliphatic heterocycles. The molecule has 2 N–H and O–H groups in total. The van der Waals surface area contributed by atoms with E-state index in [4.69, 9.17) is 4.74 Å². The second-order valence-electron chi connectivity index (χ2n) is 6.93. The lowest BCUT2D eigenvalue weighted by Crippen LogP contribution is -2.41. The molecule has 2 amide bonds. The van der Waals surface area contributed by atoms with Crippen molar-refractivity contribution in [2.75, 3.05) is 5.32 Å². The number of alkyl halides is 3. The molecule has 5 nitrogen and oxygen atoms in total. The molecule has 29 heavy (non-hydrogen) atoms. The monoisotopic (exact) mass is 406 g/mol. The van der Waals surface area contributed by atoms with Gasteiger partial charge in [-0.3, -0.25) is 10.1 Å². The quantitative estimate of drug-likeness (QED) is 0.751. The molecule has 0 saturated heterocycles. The van der Waals surface area contributed by atoms with Crippen molar-refractivity contribution < 1.29 is 27.5 Å². The second-order valence-corrected chi connectivity index (χ2v) is 6.93. The zero-order valence-electron chi connectivity index (χ0n) is 15.5. The van der Waals surface area contributed by atoms with Crippen LogP contribution < -0.4 is 10.6 Å². The predicted octanol–water partition coefficient (Wildman–Crippen LogP) is 5.00. The Hall–Kier alpha value is -3.03. The number of nitrogens with one attached hydrogen (secondary N) is 2. The number of hydrogen-bond donors (Lipinski definition) is 2. The standard InChI is InChI=1S/C21H21F3N2O3/c22-21(23,24)15-7-4-6-14(12-15)19(27)25-17-10-5-11-18(13-17)29-20(28)26-16-8-2-1-3-9-16/h1-4,6-9,12,17-18H,5,10-11,13H2,(H,25,27)(H,26,28)/t17-,18-/m0/s1. The Morgan fingerprint density at radius 2 is 1.76 bits per heavy atom. The van der Waals surface area contributed by atoms with E-state index in [2.05, 4.69) is 10.6 Å². The number of para-hydroxylation sites is 1. The van der Waals surface area contributed by atoms with Gasteiger partial charge in [-0.1, -0.05) is 24.3 Å². The molecular weight excluding hydrogens is 385 g/mol. The minimum atomic E-state index is -4.51. The highest BCUT2D eigenvalue weighted by Crippen LogP contribution is 2.29. The Morgan fingerprint density at radius 3 is 2.48 bits per heavy atom. The Balaban J connectivity index is 1.54. The number of halogens is 3. The number of ether oxygens (including phenoxy) is 1. The largest absolute Gasteiger partial charge is 0.446 e. The van der Waals surface area contributed by atoms with E-state index in [-0.39, 0.29) is 17.7 Å². The van der Waals surface area contributed by atoms with Crippen molar-refractivity contribution in [3.05, 3.63) is 65.7 Å². The topological polar surface area (TPSA) is 67.4 Å². The van der Waals surface area contributed by atoms with Gasteiger partial charge in [0, 0.05) is 23.7 Å². The zero-order chi connectivity index (χ0) is 20.9. The van der Waals surface area contributed by atoms with Crippen LogP contribution in [0.2, 0.25) is 0 Å². The third kappa shape index (κ3) is 5.97. The average Bonchev–Trinajstić information content (AvgIpc) is 2.68. The van der Waals surface area contributed by atoms with Gasteiger partial charge in [0.1, 0.15) is 6.10 Å². The van der Waals surface area contributed by atoms with E-state index >= 15 is 0 Å². The number of rotatable bonds is 4. The summed E-state index contributed by atoms with van der Waals surface area (Å²) in [6.07, 6.45) is -2.98. The van der Waals surface area contributed by atoms with E-state index in [9.17, 15) is 22.8 Å². The minimum Gasteiger partial charge on any atom is -0.446 e. The van der Waals surface area contributed by atoms with Gasteiger partial charge in [-0.25, -0.2) is 4.79 Å². The number of anilines is 1. The van der Waals surface area contributed by atoms with Gasteiger partial charge in [0.25, 0.3) is 5.91 Å². The third-order valence-corrected chi connectivity index (χ3v) is 4.71. The molecule has 3 rings (SSSR count). The van der Waals surface area contributed by atoms with Gasteiger partial charge in [0.2, 0.25) is 0 Å². The molecule has 2 aromatic carbocycles. The number of benzene rings is 2. The normalized spacial score (nSPS) is 19.3. The van der Waals surface area contributed by atoms with Gasteiger partial charge in [-0.05, 0) is 49.6 Å². The van der Waals surface area contributed by atoms with Crippen LogP contribution in [0.15, 0.2) is 54.6 Å². The van der Waals surface area contributed by atoms with Gasteiger partial charge in [0.15, 0.2) is 0 Å². The van der Waals surface area contributed by atoms with Crippen LogP contribution >= 0.6 is 0 Å². The molecule has 0 bridgehead atoms. The lowest BCUT2D eigenvalue weighted by Gasteiger charge is -2.29. The molecule has 2 aromatic rings. The zero-order valence-corrected chi connectivity index (χ0v) is 15.5. The summed E-state index contributed by atoms with van der Waals surface area (Å²) in [5.41, 5.74) is -0.306. The lowest BCUT2D eigenvalue weighted by molar-refractivity contribution is -0.137. The maximum atomic E-state index is 12.8. The first kappa shape index (κ1) is 20.7. The van der Waals surface area contributed by atoms with Crippen molar-refractivity contribution in [3.63, 3.8) is 0 Å². The molecule has 8 heteroatoms. The Morgan fingerprint density at radius 1 is 1.00 bits per heavy atom. The van der Waals surface area contributed by atoms with Gasteiger partial charge < -0.3 is 10.1 Å². The summed E-state index contributed by atoms with van der Waals surface area (Å²) in [5.74, 6) is -0.574. The van der Waals surface area contributed by atoms with Crippen LogP contribution in [0, 0.1) is 0 Å². The fraction of sp³-hybridized carbons (Fsp3) is 0.333. The predicted molar refractivity (Wildman–Crippen MR) is 101 cm³/mol. The number of carbonyl (C=O) groups is 2. The Labute approximate surface area is 166 Å². The molecule has 1 saturated carbocycles. The lowest BCUT2D eigenvalue weighted by atomic mass is 9.92. The van der Waals surface area contributed by atoms with Crippen LogP contribution in [0.5, 0.6) is 0 Å². The highest BCUT2D eigenvalue weighted by atomic mass is 19.4. The van der Waals surface area contributed by atoms with Crippen LogP contribution in [-0.4, -0.2) is 24.1 Å². The van der Waals surface area contributed by atoms with Crippen LogP contribution in [-0.2, 0) is 10.9 Å². The molecule has 0 aromatic heterocycles. The van der Waals surface area contributed by atoms with E-state index in [1.54, 1.807) is 24.3 Å². The average molecular weight is 406 g/mol. The fourth-order valence-corrected chi connectivity index (χ4v) is 3.31. The first-order chi connectivity index (χ1) is 13.8. The van der Waals surface area contributed by atoms with Gasteiger partial charge in [-0.15, -0.1) is 0 Å². The van der Waals surface area contributed by atoms with Crippen LogP contribution in [0.4, 0.5) is 23.7 Å². The molecule has 0 radical (unpaired) electrons. The summed E-state index contributed by atoms with van der Waals surface area (Å²) >= 11 is 0. The first-order valence-corrected chi connectivity index (χ1v) is 9.32. The van der Waals surface area contributed by atoms with Crippen LogP contribution in [0.3, 0.4) is 0 Å². The summed E-state index contributed by atoms with van der Waals surface area (Å²) < 4.78 is 43.9. The van der Waals surface area contributed by atoms with Gasteiger partial charge in [-0.2, -0.15) is 13.2 Å². The van der Waals surface area contributed by atoms with Crippen molar-refractivity contribution >= 4 is 17.7 Å². The summed E-state index contributed by atoms with van der Waals surface area (Å²) in [5, 5.41) is 5.38. The van der Waals surface area contributed by atoms with Gasteiger partial charge >= 0.3 is 12.3 Å². The number of carbonyl (C=O) groups excluding carboxylic acids is 2. The molecule has 154 valence electrons. The molecule has 2 atom stereocenters.